The van der Waals surface area contributed by atoms with E-state index >= 15 is 0 Å². The van der Waals surface area contributed by atoms with Gasteiger partial charge in [-0.2, -0.15) is 0 Å². The summed E-state index contributed by atoms with van der Waals surface area (Å²) in [6, 6.07) is 11.3. The second kappa shape index (κ2) is 7.24. The number of anilines is 1. The summed E-state index contributed by atoms with van der Waals surface area (Å²) in [5, 5.41) is 0. The number of aryl methyl sites for hydroxylation is 1. The van der Waals surface area contributed by atoms with Crippen molar-refractivity contribution in [2.75, 3.05) is 31.1 Å². The van der Waals surface area contributed by atoms with Gasteiger partial charge in [-0.25, -0.2) is 9.18 Å². The van der Waals surface area contributed by atoms with Crippen molar-refractivity contribution in [1.82, 2.24) is 9.47 Å². The first-order valence-corrected chi connectivity index (χ1v) is 9.32. The molecule has 146 valence electrons. The van der Waals surface area contributed by atoms with Crippen LogP contribution in [0.5, 0.6) is 0 Å². The molecule has 1 aliphatic heterocycles. The number of nitrogens with zero attached hydrogens (tertiary/aromatic N) is 3. The minimum atomic E-state index is -0.440. The number of aromatic nitrogens is 1. The molecule has 0 aliphatic carbocycles. The Kier molecular flexibility index (Phi) is 4.77. The van der Waals surface area contributed by atoms with Gasteiger partial charge in [0.15, 0.2) is 11.4 Å². The Bertz CT molecular complexity index is 1060. The van der Waals surface area contributed by atoms with Gasteiger partial charge < -0.3 is 9.32 Å². The van der Waals surface area contributed by atoms with Crippen molar-refractivity contribution >= 4 is 22.6 Å². The van der Waals surface area contributed by atoms with E-state index in [-0.39, 0.29) is 17.6 Å². The molecule has 1 aromatic heterocycles. The Morgan fingerprint density at radius 2 is 1.75 bits per heavy atom. The highest BCUT2D eigenvalue weighted by atomic mass is 19.1. The van der Waals surface area contributed by atoms with E-state index in [1.807, 2.05) is 6.92 Å². The monoisotopic (exact) mass is 383 g/mol. The number of rotatable bonds is 4. The van der Waals surface area contributed by atoms with Crippen LogP contribution in [-0.4, -0.2) is 47.5 Å². The molecule has 0 bridgehead atoms. The maximum atomic E-state index is 13.1. The highest BCUT2D eigenvalue weighted by Gasteiger charge is 2.27. The number of hydrogen-bond acceptors (Lipinski definition) is 5. The standard InChI is InChI=1S/C21H22FN3O3/c1-14(20(26)15-3-8-18-19(13-15)28-21(27)23(18)2)24-9-11-25(12-10-24)17-6-4-16(22)5-7-17/h3-8,13-14H,9-12H2,1-2H3/t14-/m0/s1. The summed E-state index contributed by atoms with van der Waals surface area (Å²) < 4.78 is 19.7. The summed E-state index contributed by atoms with van der Waals surface area (Å²) in [6.07, 6.45) is 0. The van der Waals surface area contributed by atoms with Gasteiger partial charge >= 0.3 is 5.76 Å². The number of fused-ring (bicyclic) bond motifs is 1. The molecule has 1 aliphatic rings. The van der Waals surface area contributed by atoms with Crippen LogP contribution < -0.4 is 10.7 Å². The summed E-state index contributed by atoms with van der Waals surface area (Å²) >= 11 is 0. The number of carbonyl (C=O) groups excluding carboxylic acids is 1. The molecule has 7 heteroatoms. The first kappa shape index (κ1) is 18.4. The summed E-state index contributed by atoms with van der Waals surface area (Å²) in [7, 11) is 1.64. The van der Waals surface area contributed by atoms with Gasteiger partial charge in [-0.1, -0.05) is 0 Å². The zero-order valence-corrected chi connectivity index (χ0v) is 15.9. The Balaban J connectivity index is 1.44. The van der Waals surface area contributed by atoms with Crippen LogP contribution in [0.25, 0.3) is 11.1 Å². The Morgan fingerprint density at radius 3 is 2.43 bits per heavy atom. The minimum absolute atomic E-state index is 0.00337. The SMILES string of the molecule is C[C@@H](C(=O)c1ccc2c(c1)oc(=O)n2C)N1CCN(c2ccc(F)cc2)CC1. The van der Waals surface area contributed by atoms with Crippen LogP contribution in [0.4, 0.5) is 10.1 Å². The van der Waals surface area contributed by atoms with E-state index in [2.05, 4.69) is 9.80 Å². The summed E-state index contributed by atoms with van der Waals surface area (Å²) in [5.41, 5.74) is 2.62. The molecule has 0 radical (unpaired) electrons. The van der Waals surface area contributed by atoms with Gasteiger partial charge in [0.1, 0.15) is 5.82 Å². The zero-order chi connectivity index (χ0) is 19.8. The molecule has 28 heavy (non-hydrogen) atoms. The van der Waals surface area contributed by atoms with Crippen LogP contribution in [0.2, 0.25) is 0 Å². The predicted octanol–water partition coefficient (Wildman–Crippen LogP) is 2.66. The number of piperazine rings is 1. The number of Topliss-reactive ketones (excluding diaryl/α,β-unsaturated/α-hetero) is 1. The lowest BCUT2D eigenvalue weighted by atomic mass is 10.0. The molecule has 1 saturated heterocycles. The van der Waals surface area contributed by atoms with Crippen LogP contribution >= 0.6 is 0 Å². The maximum Gasteiger partial charge on any atom is 0.419 e. The molecular formula is C21H22FN3O3. The van der Waals surface area contributed by atoms with Crippen molar-refractivity contribution in [3.63, 3.8) is 0 Å². The molecule has 1 fully saturated rings. The van der Waals surface area contributed by atoms with Crippen molar-refractivity contribution in [3.05, 3.63) is 64.4 Å². The highest BCUT2D eigenvalue weighted by Crippen LogP contribution is 2.20. The molecule has 2 aromatic carbocycles. The Morgan fingerprint density at radius 1 is 1.07 bits per heavy atom. The van der Waals surface area contributed by atoms with Gasteiger partial charge in [-0.15, -0.1) is 0 Å². The number of benzene rings is 2. The van der Waals surface area contributed by atoms with Crippen molar-refractivity contribution < 1.29 is 13.6 Å². The summed E-state index contributed by atoms with van der Waals surface area (Å²) in [6.45, 7) is 4.94. The lowest BCUT2D eigenvalue weighted by Crippen LogP contribution is -2.51. The smallest absolute Gasteiger partial charge is 0.408 e. The fourth-order valence-corrected chi connectivity index (χ4v) is 3.71. The average Bonchev–Trinajstić information content (AvgIpc) is 3.01. The van der Waals surface area contributed by atoms with E-state index in [9.17, 15) is 14.0 Å². The summed E-state index contributed by atoms with van der Waals surface area (Å²) in [5.74, 6) is -0.680. The largest absolute Gasteiger partial charge is 0.419 e. The number of halogens is 1. The molecule has 4 rings (SSSR count). The van der Waals surface area contributed by atoms with Crippen LogP contribution in [-0.2, 0) is 7.05 Å². The van der Waals surface area contributed by atoms with Gasteiger partial charge in [0, 0.05) is 44.5 Å². The average molecular weight is 383 g/mol. The third-order valence-electron chi connectivity index (χ3n) is 5.51. The van der Waals surface area contributed by atoms with Gasteiger partial charge in [0.25, 0.3) is 0 Å². The first-order chi connectivity index (χ1) is 13.4. The van der Waals surface area contributed by atoms with E-state index in [4.69, 9.17) is 4.42 Å². The van der Waals surface area contributed by atoms with Gasteiger partial charge in [0.2, 0.25) is 0 Å². The Labute approximate surface area is 161 Å². The normalized spacial score (nSPS) is 16.5. The second-order valence-electron chi connectivity index (χ2n) is 7.15. The molecule has 2 heterocycles. The van der Waals surface area contributed by atoms with E-state index in [0.717, 1.165) is 31.9 Å². The van der Waals surface area contributed by atoms with Crippen molar-refractivity contribution in [3.8, 4) is 0 Å². The lowest BCUT2D eigenvalue weighted by Gasteiger charge is -2.38. The van der Waals surface area contributed by atoms with E-state index in [1.165, 1.54) is 16.7 Å². The first-order valence-electron chi connectivity index (χ1n) is 9.32. The van der Waals surface area contributed by atoms with Gasteiger partial charge in [-0.3, -0.25) is 14.3 Å². The van der Waals surface area contributed by atoms with E-state index < -0.39 is 5.76 Å². The number of hydrogen-bond donors (Lipinski definition) is 0. The third kappa shape index (κ3) is 3.33. The van der Waals surface area contributed by atoms with E-state index in [1.54, 1.807) is 37.4 Å². The third-order valence-corrected chi connectivity index (χ3v) is 5.51. The van der Waals surface area contributed by atoms with E-state index in [0.29, 0.717) is 16.7 Å². The van der Waals surface area contributed by atoms with Crippen LogP contribution in [0.15, 0.2) is 51.7 Å². The summed E-state index contributed by atoms with van der Waals surface area (Å²) in [4.78, 5) is 28.9. The fourth-order valence-electron chi connectivity index (χ4n) is 3.71. The molecule has 0 saturated carbocycles. The van der Waals surface area contributed by atoms with Crippen LogP contribution in [0.3, 0.4) is 0 Å². The molecule has 0 unspecified atom stereocenters. The van der Waals surface area contributed by atoms with Gasteiger partial charge in [0.05, 0.1) is 11.6 Å². The number of ketones is 1. The topological polar surface area (TPSA) is 58.7 Å². The molecule has 1 atom stereocenters. The predicted molar refractivity (Wildman–Crippen MR) is 105 cm³/mol. The minimum Gasteiger partial charge on any atom is -0.408 e. The highest BCUT2D eigenvalue weighted by molar-refractivity contribution is 6.01. The molecule has 3 aromatic rings. The Hall–Kier alpha value is -2.93. The van der Waals surface area contributed by atoms with Gasteiger partial charge in [-0.05, 0) is 49.4 Å². The van der Waals surface area contributed by atoms with Crippen molar-refractivity contribution in [2.24, 2.45) is 7.05 Å². The zero-order valence-electron chi connectivity index (χ0n) is 15.9. The van der Waals surface area contributed by atoms with Crippen molar-refractivity contribution in [2.45, 2.75) is 13.0 Å². The molecule has 0 spiro atoms. The fraction of sp³-hybridized carbons (Fsp3) is 0.333. The number of oxazole rings is 1. The molecule has 0 amide bonds. The second-order valence-corrected chi connectivity index (χ2v) is 7.15. The quantitative estimate of drug-likeness (QED) is 0.649. The number of carbonyl (C=O) groups is 1. The molecule has 6 nitrogen and oxygen atoms in total. The van der Waals surface area contributed by atoms with Crippen LogP contribution in [0, 0.1) is 5.82 Å². The molecular weight excluding hydrogens is 361 g/mol. The maximum absolute atomic E-state index is 13.1. The van der Waals surface area contributed by atoms with Crippen molar-refractivity contribution in [1.29, 1.82) is 0 Å². The van der Waals surface area contributed by atoms with Crippen LogP contribution in [0.1, 0.15) is 17.3 Å². The lowest BCUT2D eigenvalue weighted by molar-refractivity contribution is 0.0830. The molecule has 0 N–H and O–H groups in total.